The molecule has 0 radical (unpaired) electrons. The van der Waals surface area contributed by atoms with Crippen molar-refractivity contribution in [1.82, 2.24) is 0 Å². The van der Waals surface area contributed by atoms with Crippen molar-refractivity contribution in [3.05, 3.63) is 23.0 Å². The first kappa shape index (κ1) is 13.0. The Kier molecular flexibility index (Phi) is 5.30. The number of allylic oxidation sites excluding steroid dienone is 4. The summed E-state index contributed by atoms with van der Waals surface area (Å²) in [6.45, 7) is 6.27. The maximum Gasteiger partial charge on any atom is 0.146 e. The van der Waals surface area contributed by atoms with Gasteiger partial charge in [0.2, 0.25) is 0 Å². The maximum atomic E-state index is 10.8. The molecule has 0 aromatic carbocycles. The van der Waals surface area contributed by atoms with Crippen LogP contribution in [-0.4, -0.2) is 12.4 Å². The minimum absolute atomic E-state index is 0.220. The fourth-order valence-electron chi connectivity index (χ4n) is 1.89. The zero-order valence-corrected chi connectivity index (χ0v) is 10.6. The van der Waals surface area contributed by atoms with E-state index in [1.807, 2.05) is 19.9 Å². The average molecular weight is 222 g/mol. The van der Waals surface area contributed by atoms with Crippen molar-refractivity contribution < 1.29 is 9.53 Å². The molecule has 90 valence electrons. The van der Waals surface area contributed by atoms with Crippen LogP contribution < -0.4 is 0 Å². The Balaban J connectivity index is 2.80. The van der Waals surface area contributed by atoms with Gasteiger partial charge in [0.25, 0.3) is 0 Å². The van der Waals surface area contributed by atoms with Gasteiger partial charge in [0.1, 0.15) is 6.29 Å². The second kappa shape index (κ2) is 6.51. The summed E-state index contributed by atoms with van der Waals surface area (Å²) in [7, 11) is 0. The van der Waals surface area contributed by atoms with Gasteiger partial charge in [-0.3, -0.25) is 4.79 Å². The van der Waals surface area contributed by atoms with Gasteiger partial charge in [-0.1, -0.05) is 13.3 Å². The van der Waals surface area contributed by atoms with Crippen molar-refractivity contribution in [3.63, 3.8) is 0 Å². The Hall–Kier alpha value is -1.05. The summed E-state index contributed by atoms with van der Waals surface area (Å²) in [5.41, 5.74) is 2.13. The SMILES string of the molecule is CCCCC1=C(OC(C)C)CCC(C=O)=C1. The Labute approximate surface area is 98.4 Å². The second-order valence-electron chi connectivity index (χ2n) is 4.56. The van der Waals surface area contributed by atoms with Crippen molar-refractivity contribution in [1.29, 1.82) is 0 Å². The lowest BCUT2D eigenvalue weighted by molar-refractivity contribution is -0.105. The summed E-state index contributed by atoms with van der Waals surface area (Å²) < 4.78 is 5.81. The predicted molar refractivity (Wildman–Crippen MR) is 66.2 cm³/mol. The van der Waals surface area contributed by atoms with Gasteiger partial charge >= 0.3 is 0 Å². The highest BCUT2D eigenvalue weighted by Gasteiger charge is 2.15. The van der Waals surface area contributed by atoms with Gasteiger partial charge < -0.3 is 4.74 Å². The molecule has 0 saturated carbocycles. The topological polar surface area (TPSA) is 26.3 Å². The number of carbonyl (C=O) groups is 1. The summed E-state index contributed by atoms with van der Waals surface area (Å²) in [4.78, 5) is 10.8. The van der Waals surface area contributed by atoms with E-state index < -0.39 is 0 Å². The molecule has 0 bridgehead atoms. The van der Waals surface area contributed by atoms with Crippen LogP contribution in [0.15, 0.2) is 23.0 Å². The summed E-state index contributed by atoms with van der Waals surface area (Å²) in [5.74, 6) is 1.09. The molecule has 0 saturated heterocycles. The Morgan fingerprint density at radius 3 is 2.75 bits per heavy atom. The molecule has 0 aromatic heterocycles. The van der Waals surface area contributed by atoms with E-state index in [0.717, 1.165) is 43.3 Å². The number of ether oxygens (including phenoxy) is 1. The molecule has 0 heterocycles. The highest BCUT2D eigenvalue weighted by Crippen LogP contribution is 2.28. The fourth-order valence-corrected chi connectivity index (χ4v) is 1.89. The van der Waals surface area contributed by atoms with Gasteiger partial charge in [-0.25, -0.2) is 0 Å². The van der Waals surface area contributed by atoms with Crippen molar-refractivity contribution in [2.45, 2.75) is 59.0 Å². The van der Waals surface area contributed by atoms with E-state index in [4.69, 9.17) is 4.74 Å². The minimum atomic E-state index is 0.220. The molecule has 0 fully saturated rings. The van der Waals surface area contributed by atoms with Gasteiger partial charge in [0, 0.05) is 6.42 Å². The summed E-state index contributed by atoms with van der Waals surface area (Å²) in [6.07, 6.45) is 8.25. The first-order chi connectivity index (χ1) is 7.67. The standard InChI is InChI=1S/C14H22O2/c1-4-5-6-13-9-12(10-15)7-8-14(13)16-11(2)3/h9-11H,4-8H2,1-3H3. The molecule has 1 rings (SSSR count). The zero-order chi connectivity index (χ0) is 12.0. The van der Waals surface area contributed by atoms with E-state index >= 15 is 0 Å². The molecule has 0 unspecified atom stereocenters. The Morgan fingerprint density at radius 2 is 2.19 bits per heavy atom. The number of aldehydes is 1. The lowest BCUT2D eigenvalue weighted by atomic mass is 9.95. The molecule has 1 aliphatic rings. The van der Waals surface area contributed by atoms with Crippen LogP contribution in [0.1, 0.15) is 52.9 Å². The van der Waals surface area contributed by atoms with E-state index in [0.29, 0.717) is 0 Å². The Morgan fingerprint density at radius 1 is 1.44 bits per heavy atom. The van der Waals surface area contributed by atoms with Crippen LogP contribution in [-0.2, 0) is 9.53 Å². The van der Waals surface area contributed by atoms with Gasteiger partial charge in [-0.2, -0.15) is 0 Å². The highest BCUT2D eigenvalue weighted by molar-refractivity contribution is 5.75. The Bertz CT molecular complexity index is 298. The molecule has 16 heavy (non-hydrogen) atoms. The van der Waals surface area contributed by atoms with E-state index in [1.54, 1.807) is 0 Å². The zero-order valence-electron chi connectivity index (χ0n) is 10.6. The van der Waals surface area contributed by atoms with Crippen molar-refractivity contribution in [2.24, 2.45) is 0 Å². The lowest BCUT2D eigenvalue weighted by Gasteiger charge is -2.21. The first-order valence-corrected chi connectivity index (χ1v) is 6.21. The van der Waals surface area contributed by atoms with E-state index in [9.17, 15) is 4.79 Å². The number of rotatable bonds is 6. The first-order valence-electron chi connectivity index (χ1n) is 6.21. The minimum Gasteiger partial charge on any atom is -0.495 e. The molecule has 0 aromatic rings. The van der Waals surface area contributed by atoms with Crippen molar-refractivity contribution in [2.75, 3.05) is 0 Å². The van der Waals surface area contributed by atoms with Crippen LogP contribution in [0.5, 0.6) is 0 Å². The largest absolute Gasteiger partial charge is 0.495 e. The van der Waals surface area contributed by atoms with E-state index in [-0.39, 0.29) is 6.10 Å². The number of carbonyl (C=O) groups excluding carboxylic acids is 1. The summed E-state index contributed by atoms with van der Waals surface area (Å²) >= 11 is 0. The molecule has 0 spiro atoms. The molecule has 2 heteroatoms. The number of hydrogen-bond donors (Lipinski definition) is 0. The van der Waals surface area contributed by atoms with Gasteiger partial charge in [0.15, 0.2) is 0 Å². The number of unbranched alkanes of at least 4 members (excludes halogenated alkanes) is 1. The van der Waals surface area contributed by atoms with Crippen LogP contribution in [0, 0.1) is 0 Å². The van der Waals surface area contributed by atoms with E-state index in [2.05, 4.69) is 6.92 Å². The summed E-state index contributed by atoms with van der Waals surface area (Å²) in [6, 6.07) is 0. The van der Waals surface area contributed by atoms with E-state index in [1.165, 1.54) is 12.0 Å². The third kappa shape index (κ3) is 3.84. The normalized spacial score (nSPS) is 16.4. The average Bonchev–Trinajstić information content (AvgIpc) is 2.27. The molecule has 0 aliphatic heterocycles. The maximum absolute atomic E-state index is 10.8. The second-order valence-corrected chi connectivity index (χ2v) is 4.56. The molecule has 0 amide bonds. The molecule has 1 aliphatic carbocycles. The molecular weight excluding hydrogens is 200 g/mol. The number of hydrogen-bond acceptors (Lipinski definition) is 2. The fraction of sp³-hybridized carbons (Fsp3) is 0.643. The van der Waals surface area contributed by atoms with Crippen molar-refractivity contribution >= 4 is 6.29 Å². The van der Waals surface area contributed by atoms with Crippen LogP contribution in [0.4, 0.5) is 0 Å². The molecular formula is C14H22O2. The quantitative estimate of drug-likeness (QED) is 0.639. The lowest BCUT2D eigenvalue weighted by Crippen LogP contribution is -2.09. The van der Waals surface area contributed by atoms with Crippen molar-refractivity contribution in [3.8, 4) is 0 Å². The van der Waals surface area contributed by atoms with Crippen LogP contribution >= 0.6 is 0 Å². The predicted octanol–water partition coefficient (Wildman–Crippen LogP) is 3.77. The molecule has 2 nitrogen and oxygen atoms in total. The third-order valence-electron chi connectivity index (χ3n) is 2.69. The van der Waals surface area contributed by atoms with Gasteiger partial charge in [0.05, 0.1) is 11.9 Å². The van der Waals surface area contributed by atoms with Gasteiger partial charge in [-0.05, 0) is 50.3 Å². The highest BCUT2D eigenvalue weighted by atomic mass is 16.5. The van der Waals surface area contributed by atoms with Crippen LogP contribution in [0.2, 0.25) is 0 Å². The third-order valence-corrected chi connectivity index (χ3v) is 2.69. The molecule has 0 atom stereocenters. The molecule has 0 N–H and O–H groups in total. The van der Waals surface area contributed by atoms with Gasteiger partial charge in [-0.15, -0.1) is 0 Å². The smallest absolute Gasteiger partial charge is 0.146 e. The summed E-state index contributed by atoms with van der Waals surface area (Å²) in [5, 5.41) is 0. The monoisotopic (exact) mass is 222 g/mol. The van der Waals surface area contributed by atoms with Crippen LogP contribution in [0.3, 0.4) is 0 Å². The van der Waals surface area contributed by atoms with Crippen LogP contribution in [0.25, 0.3) is 0 Å².